The number of carboxylic acids is 1. The Labute approximate surface area is 71.9 Å². The molecule has 0 aromatic heterocycles. The van der Waals surface area contributed by atoms with E-state index < -0.39 is 12.0 Å². The summed E-state index contributed by atoms with van der Waals surface area (Å²) in [6.45, 7) is 5.99. The minimum atomic E-state index is -1.13. The van der Waals surface area contributed by atoms with Crippen molar-refractivity contribution < 1.29 is 9.90 Å². The molecule has 0 radical (unpaired) electrons. The highest BCUT2D eigenvalue weighted by atomic mass is 16.4. The standard InChI is InChI=1S/C8H15NO3/c1-8(2,3)5-4-6(9-12)7(10)11/h6H,4-5H2,1-3H3,(H,10,11). The highest BCUT2D eigenvalue weighted by Crippen LogP contribution is 2.22. The Balaban J connectivity index is 3.90. The zero-order valence-corrected chi connectivity index (χ0v) is 7.70. The number of aliphatic carboxylic acids is 1. The van der Waals surface area contributed by atoms with E-state index in [1.165, 1.54) is 0 Å². The first kappa shape index (κ1) is 11.1. The summed E-state index contributed by atoms with van der Waals surface area (Å²) in [6.07, 6.45) is 1.01. The van der Waals surface area contributed by atoms with Crippen LogP contribution in [0, 0.1) is 10.3 Å². The van der Waals surface area contributed by atoms with Crippen molar-refractivity contribution in [1.29, 1.82) is 0 Å². The van der Waals surface area contributed by atoms with Gasteiger partial charge < -0.3 is 5.11 Å². The molecule has 0 amide bonds. The molecule has 0 aliphatic rings. The third-order valence-electron chi connectivity index (χ3n) is 1.58. The van der Waals surface area contributed by atoms with Crippen LogP contribution in [0.2, 0.25) is 0 Å². The van der Waals surface area contributed by atoms with Crippen LogP contribution < -0.4 is 0 Å². The van der Waals surface area contributed by atoms with Gasteiger partial charge in [-0.3, -0.25) is 0 Å². The van der Waals surface area contributed by atoms with Gasteiger partial charge in [-0.1, -0.05) is 25.9 Å². The second kappa shape index (κ2) is 4.18. The van der Waals surface area contributed by atoms with E-state index in [1.54, 1.807) is 0 Å². The molecule has 1 atom stereocenters. The summed E-state index contributed by atoms with van der Waals surface area (Å²) in [6, 6.07) is -1.08. The van der Waals surface area contributed by atoms with E-state index in [0.29, 0.717) is 12.8 Å². The van der Waals surface area contributed by atoms with E-state index in [4.69, 9.17) is 5.11 Å². The van der Waals surface area contributed by atoms with E-state index in [0.717, 1.165) is 0 Å². The van der Waals surface area contributed by atoms with E-state index in [2.05, 4.69) is 5.18 Å². The minimum Gasteiger partial charge on any atom is -0.480 e. The molecule has 0 aliphatic carbocycles. The molecule has 0 aromatic rings. The molecule has 12 heavy (non-hydrogen) atoms. The molecule has 0 saturated heterocycles. The number of hydrogen-bond donors (Lipinski definition) is 1. The summed E-state index contributed by atoms with van der Waals surface area (Å²) < 4.78 is 0. The lowest BCUT2D eigenvalue weighted by atomic mass is 9.89. The van der Waals surface area contributed by atoms with Crippen molar-refractivity contribution in [3.05, 3.63) is 4.91 Å². The van der Waals surface area contributed by atoms with Gasteiger partial charge in [0.15, 0.2) is 6.04 Å². The molecule has 0 fully saturated rings. The first-order valence-corrected chi connectivity index (χ1v) is 3.92. The van der Waals surface area contributed by atoms with Crippen molar-refractivity contribution in [1.82, 2.24) is 0 Å². The Kier molecular flexibility index (Phi) is 3.86. The van der Waals surface area contributed by atoms with Gasteiger partial charge in [0, 0.05) is 0 Å². The zero-order chi connectivity index (χ0) is 9.78. The fraction of sp³-hybridized carbons (Fsp3) is 0.875. The number of carboxylic acid groups (broad SMARTS) is 1. The highest BCUT2D eigenvalue weighted by molar-refractivity contribution is 5.73. The van der Waals surface area contributed by atoms with Gasteiger partial charge in [0.25, 0.3) is 0 Å². The Bertz CT molecular complexity index is 172. The number of rotatable bonds is 4. The number of nitroso groups, excluding NO2 is 1. The summed E-state index contributed by atoms with van der Waals surface area (Å²) in [5, 5.41) is 11.0. The Morgan fingerprint density at radius 2 is 2.00 bits per heavy atom. The van der Waals surface area contributed by atoms with Crippen LogP contribution in [0.5, 0.6) is 0 Å². The molecule has 0 aliphatic heterocycles. The molecular weight excluding hydrogens is 158 g/mol. The average Bonchev–Trinajstić information content (AvgIpc) is 1.85. The molecule has 0 bridgehead atoms. The molecule has 1 unspecified atom stereocenters. The van der Waals surface area contributed by atoms with Crippen LogP contribution in [-0.2, 0) is 4.79 Å². The maximum Gasteiger partial charge on any atom is 0.332 e. The maximum absolute atomic E-state index is 10.4. The van der Waals surface area contributed by atoms with E-state index in [9.17, 15) is 9.70 Å². The van der Waals surface area contributed by atoms with Gasteiger partial charge in [-0.2, -0.15) is 0 Å². The van der Waals surface area contributed by atoms with Crippen LogP contribution in [0.1, 0.15) is 33.6 Å². The molecule has 70 valence electrons. The summed E-state index contributed by atoms with van der Waals surface area (Å²) in [5.41, 5.74) is 0.0540. The van der Waals surface area contributed by atoms with Crippen LogP contribution in [0.4, 0.5) is 0 Å². The van der Waals surface area contributed by atoms with Gasteiger partial charge in [-0.05, 0) is 18.3 Å². The van der Waals surface area contributed by atoms with Crippen molar-refractivity contribution in [3.63, 3.8) is 0 Å². The molecule has 0 heterocycles. The predicted molar refractivity (Wildman–Crippen MR) is 45.9 cm³/mol. The molecule has 1 N–H and O–H groups in total. The van der Waals surface area contributed by atoms with E-state index in [-0.39, 0.29) is 5.41 Å². The Morgan fingerprint density at radius 3 is 2.25 bits per heavy atom. The minimum absolute atomic E-state index is 0.0540. The van der Waals surface area contributed by atoms with Gasteiger partial charge >= 0.3 is 5.97 Å². The Hall–Kier alpha value is -0.930. The largest absolute Gasteiger partial charge is 0.480 e. The van der Waals surface area contributed by atoms with Crippen LogP contribution in [0.15, 0.2) is 5.18 Å². The van der Waals surface area contributed by atoms with Crippen molar-refractivity contribution >= 4 is 5.97 Å². The van der Waals surface area contributed by atoms with Crippen LogP contribution >= 0.6 is 0 Å². The lowest BCUT2D eigenvalue weighted by molar-refractivity contribution is -0.138. The van der Waals surface area contributed by atoms with Crippen LogP contribution in [0.3, 0.4) is 0 Å². The maximum atomic E-state index is 10.4. The first-order chi connectivity index (χ1) is 5.37. The molecule has 0 saturated carbocycles. The van der Waals surface area contributed by atoms with Crippen molar-refractivity contribution in [3.8, 4) is 0 Å². The molecule has 4 heteroatoms. The molecule has 0 rings (SSSR count). The fourth-order valence-electron chi connectivity index (χ4n) is 0.791. The summed E-state index contributed by atoms with van der Waals surface area (Å²) >= 11 is 0. The number of hydrogen-bond acceptors (Lipinski definition) is 3. The van der Waals surface area contributed by atoms with Gasteiger partial charge in [0.05, 0.1) is 0 Å². The summed E-state index contributed by atoms with van der Waals surface area (Å²) in [5.74, 6) is -1.13. The predicted octanol–water partition coefficient (Wildman–Crippen LogP) is 2.03. The summed E-state index contributed by atoms with van der Waals surface area (Å²) in [7, 11) is 0. The normalized spacial score (nSPS) is 13.9. The third kappa shape index (κ3) is 4.82. The fourth-order valence-corrected chi connectivity index (χ4v) is 0.791. The zero-order valence-electron chi connectivity index (χ0n) is 7.70. The smallest absolute Gasteiger partial charge is 0.332 e. The monoisotopic (exact) mass is 173 g/mol. The molecule has 0 aromatic carbocycles. The molecule has 4 nitrogen and oxygen atoms in total. The van der Waals surface area contributed by atoms with Gasteiger partial charge in [-0.25, -0.2) is 4.79 Å². The number of carbonyl (C=O) groups is 1. The van der Waals surface area contributed by atoms with Crippen molar-refractivity contribution in [2.75, 3.05) is 0 Å². The Morgan fingerprint density at radius 1 is 1.50 bits per heavy atom. The topological polar surface area (TPSA) is 66.7 Å². The summed E-state index contributed by atoms with van der Waals surface area (Å²) in [4.78, 5) is 20.4. The van der Waals surface area contributed by atoms with Gasteiger partial charge in [-0.15, -0.1) is 4.91 Å². The van der Waals surface area contributed by atoms with E-state index >= 15 is 0 Å². The third-order valence-corrected chi connectivity index (χ3v) is 1.58. The lowest BCUT2D eigenvalue weighted by Crippen LogP contribution is -2.19. The van der Waals surface area contributed by atoms with Crippen LogP contribution in [0.25, 0.3) is 0 Å². The van der Waals surface area contributed by atoms with Crippen LogP contribution in [-0.4, -0.2) is 17.1 Å². The van der Waals surface area contributed by atoms with E-state index in [1.807, 2.05) is 20.8 Å². The average molecular weight is 173 g/mol. The quantitative estimate of drug-likeness (QED) is 0.661. The van der Waals surface area contributed by atoms with Gasteiger partial charge in [0.2, 0.25) is 0 Å². The second-order valence-electron chi connectivity index (χ2n) is 4.06. The first-order valence-electron chi connectivity index (χ1n) is 3.92. The SMILES string of the molecule is CC(C)(C)CCC(N=O)C(=O)O. The highest BCUT2D eigenvalue weighted by Gasteiger charge is 2.21. The van der Waals surface area contributed by atoms with Crippen molar-refractivity contribution in [2.24, 2.45) is 10.6 Å². The lowest BCUT2D eigenvalue weighted by Gasteiger charge is -2.17. The second-order valence-corrected chi connectivity index (χ2v) is 4.06. The van der Waals surface area contributed by atoms with Gasteiger partial charge in [0.1, 0.15) is 0 Å². The molecule has 0 spiro atoms. The van der Waals surface area contributed by atoms with Crippen molar-refractivity contribution in [2.45, 2.75) is 39.7 Å². The molecular formula is C8H15NO3. The number of nitrogens with zero attached hydrogens (tertiary/aromatic N) is 1.